The average Bonchev–Trinajstić information content (AvgIpc) is 1.87. The van der Waals surface area contributed by atoms with Crippen LogP contribution < -0.4 is 10.6 Å². The predicted octanol–water partition coefficient (Wildman–Crippen LogP) is 0.900. The molecular weight excluding hydrogens is 158 g/mol. The van der Waals surface area contributed by atoms with E-state index in [4.69, 9.17) is 17.6 Å². The van der Waals surface area contributed by atoms with Crippen molar-refractivity contribution in [3.8, 4) is 0 Å². The highest BCUT2D eigenvalue weighted by atomic mass is 32.1. The van der Waals surface area contributed by atoms with Crippen LogP contribution >= 0.6 is 12.2 Å². The van der Waals surface area contributed by atoms with E-state index in [0.717, 1.165) is 18.1 Å². The standard InChI is InChI=1S/C7H15N3S/c1-3-9-6(8)5-7(11)10-4-2/h3-5H2,1-2H3,(H2,8,9)(H,10,11). The Labute approximate surface area is 73.1 Å². The summed E-state index contributed by atoms with van der Waals surface area (Å²) in [5.41, 5.74) is 0. The van der Waals surface area contributed by atoms with Crippen LogP contribution in [-0.4, -0.2) is 23.9 Å². The van der Waals surface area contributed by atoms with Gasteiger partial charge in [-0.2, -0.15) is 0 Å². The van der Waals surface area contributed by atoms with Crippen LogP contribution in [0.1, 0.15) is 20.3 Å². The summed E-state index contributed by atoms with van der Waals surface area (Å²) in [7, 11) is 0. The number of amidine groups is 1. The number of hydrogen-bond donors (Lipinski definition) is 3. The summed E-state index contributed by atoms with van der Waals surface area (Å²) in [6.07, 6.45) is 0.525. The van der Waals surface area contributed by atoms with Crippen molar-refractivity contribution in [2.75, 3.05) is 13.1 Å². The monoisotopic (exact) mass is 173 g/mol. The molecule has 0 radical (unpaired) electrons. The molecule has 0 bridgehead atoms. The summed E-state index contributed by atoms with van der Waals surface area (Å²) in [6.45, 7) is 5.57. The van der Waals surface area contributed by atoms with Crippen LogP contribution in [0.25, 0.3) is 0 Å². The minimum atomic E-state index is 0.485. The third-order valence-electron chi connectivity index (χ3n) is 1.10. The number of thiocarbonyl (C=S) groups is 1. The maximum Gasteiger partial charge on any atom is 0.1000 e. The predicted molar refractivity (Wildman–Crippen MR) is 52.3 cm³/mol. The molecule has 3 nitrogen and oxygen atoms in total. The molecule has 0 rings (SSSR count). The Morgan fingerprint density at radius 3 is 2.27 bits per heavy atom. The highest BCUT2D eigenvalue weighted by Gasteiger charge is 1.98. The molecular formula is C7H15N3S. The van der Waals surface area contributed by atoms with Gasteiger partial charge in [-0.3, -0.25) is 5.41 Å². The van der Waals surface area contributed by atoms with Crippen LogP contribution in [0.4, 0.5) is 0 Å². The summed E-state index contributed by atoms with van der Waals surface area (Å²) in [4.78, 5) is 0.735. The summed E-state index contributed by atoms with van der Waals surface area (Å²) >= 11 is 4.95. The van der Waals surface area contributed by atoms with E-state index in [9.17, 15) is 0 Å². The first-order chi connectivity index (χ1) is 5.20. The second kappa shape index (κ2) is 6.09. The minimum absolute atomic E-state index is 0.485. The summed E-state index contributed by atoms with van der Waals surface area (Å²) in [6, 6.07) is 0. The van der Waals surface area contributed by atoms with Crippen LogP contribution in [-0.2, 0) is 0 Å². The molecule has 0 atom stereocenters. The number of hydrogen-bond acceptors (Lipinski definition) is 2. The molecule has 11 heavy (non-hydrogen) atoms. The molecule has 0 spiro atoms. The second-order valence-electron chi connectivity index (χ2n) is 2.14. The lowest BCUT2D eigenvalue weighted by molar-refractivity contribution is 0.925. The van der Waals surface area contributed by atoms with Gasteiger partial charge in [-0.1, -0.05) is 12.2 Å². The fraction of sp³-hybridized carbons (Fsp3) is 0.714. The van der Waals surface area contributed by atoms with Gasteiger partial charge in [0, 0.05) is 13.1 Å². The van der Waals surface area contributed by atoms with Crippen molar-refractivity contribution in [2.24, 2.45) is 0 Å². The Hall–Kier alpha value is -0.640. The van der Waals surface area contributed by atoms with E-state index in [2.05, 4.69) is 10.6 Å². The van der Waals surface area contributed by atoms with Crippen LogP contribution in [0.3, 0.4) is 0 Å². The molecule has 64 valence electrons. The SMILES string of the molecule is CCNC(=N)CC(=S)NCC. The van der Waals surface area contributed by atoms with Gasteiger partial charge in [0.1, 0.15) is 0 Å². The van der Waals surface area contributed by atoms with Gasteiger partial charge in [0.25, 0.3) is 0 Å². The van der Waals surface area contributed by atoms with E-state index in [0.29, 0.717) is 12.3 Å². The summed E-state index contributed by atoms with van der Waals surface area (Å²) < 4.78 is 0. The van der Waals surface area contributed by atoms with Crippen molar-refractivity contribution < 1.29 is 0 Å². The molecule has 0 amide bonds. The number of nitrogens with one attached hydrogen (secondary N) is 3. The fourth-order valence-electron chi connectivity index (χ4n) is 0.696. The lowest BCUT2D eigenvalue weighted by Gasteiger charge is -2.06. The molecule has 0 saturated carbocycles. The molecule has 0 aromatic rings. The normalized spacial score (nSPS) is 8.91. The minimum Gasteiger partial charge on any atom is -0.380 e. The van der Waals surface area contributed by atoms with Crippen molar-refractivity contribution in [3.63, 3.8) is 0 Å². The van der Waals surface area contributed by atoms with Crippen molar-refractivity contribution in [1.82, 2.24) is 10.6 Å². The molecule has 4 heteroatoms. The first-order valence-corrected chi connectivity index (χ1v) is 4.19. The fourth-order valence-corrected chi connectivity index (χ4v) is 0.985. The maximum absolute atomic E-state index is 7.36. The van der Waals surface area contributed by atoms with E-state index >= 15 is 0 Å². The molecule has 0 aliphatic carbocycles. The largest absolute Gasteiger partial charge is 0.380 e. The van der Waals surface area contributed by atoms with Gasteiger partial charge in [-0.25, -0.2) is 0 Å². The molecule has 0 unspecified atom stereocenters. The topological polar surface area (TPSA) is 47.9 Å². The zero-order valence-corrected chi connectivity index (χ0v) is 7.85. The number of rotatable bonds is 4. The van der Waals surface area contributed by atoms with Crippen LogP contribution in [0.5, 0.6) is 0 Å². The first kappa shape index (κ1) is 10.4. The lowest BCUT2D eigenvalue weighted by atomic mass is 10.4. The summed E-state index contributed by atoms with van der Waals surface area (Å²) in [5.74, 6) is 0.485. The van der Waals surface area contributed by atoms with Crippen molar-refractivity contribution in [3.05, 3.63) is 0 Å². The van der Waals surface area contributed by atoms with Gasteiger partial charge in [-0.05, 0) is 13.8 Å². The zero-order chi connectivity index (χ0) is 8.69. The van der Waals surface area contributed by atoms with E-state index in [-0.39, 0.29) is 0 Å². The van der Waals surface area contributed by atoms with Gasteiger partial charge in [0.05, 0.1) is 17.2 Å². The Balaban J connectivity index is 3.49. The van der Waals surface area contributed by atoms with Gasteiger partial charge >= 0.3 is 0 Å². The molecule has 0 fully saturated rings. The zero-order valence-electron chi connectivity index (χ0n) is 7.03. The Morgan fingerprint density at radius 2 is 1.82 bits per heavy atom. The third kappa shape index (κ3) is 5.79. The molecule has 0 aromatic heterocycles. The Bertz CT molecular complexity index is 129. The van der Waals surface area contributed by atoms with E-state index in [1.54, 1.807) is 0 Å². The lowest BCUT2D eigenvalue weighted by Crippen LogP contribution is -2.30. The van der Waals surface area contributed by atoms with E-state index in [1.807, 2.05) is 13.8 Å². The van der Waals surface area contributed by atoms with Crippen molar-refractivity contribution >= 4 is 23.0 Å². The van der Waals surface area contributed by atoms with Gasteiger partial charge in [0.2, 0.25) is 0 Å². The van der Waals surface area contributed by atoms with Crippen LogP contribution in [0, 0.1) is 5.41 Å². The molecule has 0 heterocycles. The molecule has 0 aliphatic heterocycles. The van der Waals surface area contributed by atoms with E-state index < -0.39 is 0 Å². The van der Waals surface area contributed by atoms with E-state index in [1.165, 1.54) is 0 Å². The average molecular weight is 173 g/mol. The van der Waals surface area contributed by atoms with Crippen molar-refractivity contribution in [2.45, 2.75) is 20.3 Å². The van der Waals surface area contributed by atoms with Crippen LogP contribution in [0.15, 0.2) is 0 Å². The van der Waals surface area contributed by atoms with Gasteiger partial charge < -0.3 is 10.6 Å². The van der Waals surface area contributed by atoms with Crippen LogP contribution in [0.2, 0.25) is 0 Å². The third-order valence-corrected chi connectivity index (χ3v) is 1.39. The second-order valence-corrected chi connectivity index (χ2v) is 2.63. The molecule has 0 aromatic carbocycles. The quantitative estimate of drug-likeness (QED) is 0.336. The summed E-state index contributed by atoms with van der Waals surface area (Å²) in [5, 5.41) is 13.2. The van der Waals surface area contributed by atoms with Crippen molar-refractivity contribution in [1.29, 1.82) is 5.41 Å². The Morgan fingerprint density at radius 1 is 1.27 bits per heavy atom. The first-order valence-electron chi connectivity index (χ1n) is 3.78. The van der Waals surface area contributed by atoms with Gasteiger partial charge in [0.15, 0.2) is 0 Å². The molecule has 0 aliphatic rings. The smallest absolute Gasteiger partial charge is 0.1000 e. The maximum atomic E-state index is 7.36. The highest BCUT2D eigenvalue weighted by molar-refractivity contribution is 7.80. The molecule has 0 saturated heterocycles. The van der Waals surface area contributed by atoms with Gasteiger partial charge in [-0.15, -0.1) is 0 Å². The molecule has 3 N–H and O–H groups in total. The highest BCUT2D eigenvalue weighted by Crippen LogP contribution is 1.83. The Kier molecular flexibility index (Phi) is 5.74.